The molecule has 0 unspecified atom stereocenters. The second-order valence-electron chi connectivity index (χ2n) is 8.46. The number of nitrogens with zero attached hydrogens (tertiary/aromatic N) is 2. The Labute approximate surface area is 208 Å². The molecule has 1 aromatic heterocycles. The van der Waals surface area contributed by atoms with Gasteiger partial charge in [-0.25, -0.2) is 13.9 Å². The van der Waals surface area contributed by atoms with Crippen molar-refractivity contribution in [2.45, 2.75) is 30.4 Å². The van der Waals surface area contributed by atoms with Gasteiger partial charge in [0.25, 0.3) is 10.2 Å². The maximum Gasteiger partial charge on any atom is 0.282 e. The van der Waals surface area contributed by atoms with Gasteiger partial charge >= 0.3 is 0 Å². The van der Waals surface area contributed by atoms with Crippen LogP contribution in [0.1, 0.15) is 30.6 Å². The number of hydroxylamine groups is 1. The molecule has 3 heterocycles. The molecule has 9 nitrogen and oxygen atoms in total. The minimum Gasteiger partial charge on any atom is -0.289 e. The molecule has 34 heavy (non-hydrogen) atoms. The molecular formula is C21H26ClN3O6S3. The van der Waals surface area contributed by atoms with E-state index in [1.807, 2.05) is 12.1 Å². The summed E-state index contributed by atoms with van der Waals surface area (Å²) in [5.41, 5.74) is 2.38. The van der Waals surface area contributed by atoms with Crippen LogP contribution in [0.25, 0.3) is 10.4 Å². The minimum absolute atomic E-state index is 0.0506. The number of hydrogen-bond donors (Lipinski definition) is 2. The van der Waals surface area contributed by atoms with Crippen LogP contribution in [0.15, 0.2) is 36.4 Å². The third kappa shape index (κ3) is 4.77. The summed E-state index contributed by atoms with van der Waals surface area (Å²) in [5.74, 6) is -1.27. The van der Waals surface area contributed by atoms with Crippen LogP contribution in [-0.4, -0.2) is 68.5 Å². The molecule has 2 aromatic rings. The molecule has 0 bridgehead atoms. The van der Waals surface area contributed by atoms with Gasteiger partial charge in [0, 0.05) is 41.0 Å². The van der Waals surface area contributed by atoms with Crippen molar-refractivity contribution in [3.05, 3.63) is 46.3 Å². The van der Waals surface area contributed by atoms with Gasteiger partial charge in [-0.1, -0.05) is 23.7 Å². The van der Waals surface area contributed by atoms with Crippen LogP contribution >= 0.6 is 22.9 Å². The average molecular weight is 548 g/mol. The zero-order chi connectivity index (χ0) is 24.6. The van der Waals surface area contributed by atoms with Gasteiger partial charge in [0.2, 0.25) is 5.91 Å². The highest BCUT2D eigenvalue weighted by molar-refractivity contribution is 7.92. The van der Waals surface area contributed by atoms with Gasteiger partial charge in [-0.2, -0.15) is 17.0 Å². The first-order valence-corrected chi connectivity index (χ1v) is 15.1. The van der Waals surface area contributed by atoms with Crippen LogP contribution in [0.3, 0.4) is 0 Å². The molecule has 1 atom stereocenters. The normalized spacial score (nSPS) is 24.1. The Morgan fingerprint density at radius 1 is 1.06 bits per heavy atom. The van der Waals surface area contributed by atoms with E-state index in [1.165, 1.54) is 19.9 Å². The van der Waals surface area contributed by atoms with Crippen LogP contribution in [0.4, 0.5) is 0 Å². The van der Waals surface area contributed by atoms with E-state index in [1.54, 1.807) is 29.7 Å². The lowest BCUT2D eigenvalue weighted by molar-refractivity contribution is -0.129. The minimum atomic E-state index is -3.98. The van der Waals surface area contributed by atoms with E-state index in [-0.39, 0.29) is 19.5 Å². The Balaban J connectivity index is 1.73. The van der Waals surface area contributed by atoms with Gasteiger partial charge in [0.1, 0.15) is 4.75 Å². The number of amides is 1. The Bertz CT molecular complexity index is 1260. The highest BCUT2D eigenvalue weighted by Crippen LogP contribution is 2.45. The number of benzene rings is 1. The second-order valence-corrected chi connectivity index (χ2v) is 14.3. The lowest BCUT2D eigenvalue weighted by atomic mass is 9.97. The first kappa shape index (κ1) is 25.5. The van der Waals surface area contributed by atoms with Gasteiger partial charge in [-0.3, -0.25) is 10.0 Å². The number of hydrogen-bond acceptors (Lipinski definition) is 7. The molecule has 13 heteroatoms. The highest BCUT2D eigenvalue weighted by atomic mass is 35.5. The molecule has 2 aliphatic heterocycles. The van der Waals surface area contributed by atoms with Crippen LogP contribution in [0.5, 0.6) is 0 Å². The number of sulfone groups is 1. The van der Waals surface area contributed by atoms with E-state index in [2.05, 4.69) is 0 Å². The molecule has 0 spiro atoms. The molecular weight excluding hydrogens is 522 g/mol. The number of carbonyl (C=O) groups excluding carboxylic acids is 1. The van der Waals surface area contributed by atoms with E-state index in [4.69, 9.17) is 11.6 Å². The molecule has 1 aromatic carbocycles. The fourth-order valence-corrected chi connectivity index (χ4v) is 10.1. The number of thiophene rings is 1. The summed E-state index contributed by atoms with van der Waals surface area (Å²) in [6, 6.07) is 10.5. The number of nitrogens with one attached hydrogen (secondary N) is 1. The van der Waals surface area contributed by atoms with Crippen molar-refractivity contribution in [1.29, 1.82) is 0 Å². The van der Waals surface area contributed by atoms with Crippen molar-refractivity contribution in [1.82, 2.24) is 14.1 Å². The summed E-state index contributed by atoms with van der Waals surface area (Å²) < 4.78 is 54.5. The summed E-state index contributed by atoms with van der Waals surface area (Å²) >= 11 is 7.21. The average Bonchev–Trinajstić information content (AvgIpc) is 3.49. The smallest absolute Gasteiger partial charge is 0.282 e. The number of halogens is 1. The summed E-state index contributed by atoms with van der Waals surface area (Å²) in [6.45, 7) is 0.599. The van der Waals surface area contributed by atoms with Gasteiger partial charge in [0.05, 0.1) is 12.2 Å². The SMILES string of the molecule is O=C(C[C@]1(c2ccc(-c3ccc(Cl)cc3)s2)CCN(S(=O)(=O)N2CCCC2)CCS1(=O)=O)NO. The fourth-order valence-electron chi connectivity index (χ4n) is 4.52. The fraction of sp³-hybridized carbons (Fsp3) is 0.476. The molecule has 1 amide bonds. The van der Waals surface area contributed by atoms with Gasteiger partial charge < -0.3 is 0 Å². The van der Waals surface area contributed by atoms with Crippen LogP contribution in [0.2, 0.25) is 5.02 Å². The topological polar surface area (TPSA) is 124 Å². The molecule has 186 valence electrons. The standard InChI is InChI=1S/C21H26ClN3O6S3/c22-17-5-3-16(4-6-17)18-7-8-19(32-18)21(15-20(26)23-27)9-12-25(13-14-33(21,28)29)34(30,31)24-10-1-2-11-24/h3-8,27H,1-2,9-15H2,(H,23,26)/t21-/m0/s1. The summed E-state index contributed by atoms with van der Waals surface area (Å²) in [7, 11) is -7.78. The van der Waals surface area contributed by atoms with Gasteiger partial charge in [-0.05, 0) is 49.1 Å². The maximum atomic E-state index is 13.7. The third-order valence-corrected chi connectivity index (χ3v) is 12.7. The maximum absolute atomic E-state index is 13.7. The van der Waals surface area contributed by atoms with E-state index in [9.17, 15) is 26.8 Å². The van der Waals surface area contributed by atoms with Crippen molar-refractivity contribution < 1.29 is 26.8 Å². The molecule has 2 saturated heterocycles. The van der Waals surface area contributed by atoms with Crippen molar-refractivity contribution >= 4 is 48.9 Å². The molecule has 2 aliphatic rings. The van der Waals surface area contributed by atoms with Crippen molar-refractivity contribution in [3.63, 3.8) is 0 Å². The predicted molar refractivity (Wildman–Crippen MR) is 131 cm³/mol. The Morgan fingerprint density at radius 2 is 1.71 bits per heavy atom. The van der Waals surface area contributed by atoms with E-state index in [0.717, 1.165) is 23.3 Å². The zero-order valence-electron chi connectivity index (χ0n) is 18.3. The van der Waals surface area contributed by atoms with Crippen molar-refractivity contribution in [3.8, 4) is 10.4 Å². The van der Waals surface area contributed by atoms with Crippen LogP contribution in [-0.2, 0) is 29.6 Å². The molecule has 0 saturated carbocycles. The van der Waals surface area contributed by atoms with Crippen molar-refractivity contribution in [2.75, 3.05) is 31.9 Å². The first-order chi connectivity index (χ1) is 16.1. The largest absolute Gasteiger partial charge is 0.289 e. The molecule has 0 aliphatic carbocycles. The van der Waals surface area contributed by atoms with Crippen molar-refractivity contribution in [2.24, 2.45) is 0 Å². The molecule has 0 radical (unpaired) electrons. The predicted octanol–water partition coefficient (Wildman–Crippen LogP) is 2.62. The Kier molecular flexibility index (Phi) is 7.40. The van der Waals surface area contributed by atoms with Crippen LogP contribution < -0.4 is 5.48 Å². The number of rotatable bonds is 6. The lowest BCUT2D eigenvalue weighted by Gasteiger charge is -2.30. The highest BCUT2D eigenvalue weighted by Gasteiger charge is 2.51. The summed E-state index contributed by atoms with van der Waals surface area (Å²) in [5, 5.41) is 9.76. The first-order valence-electron chi connectivity index (χ1n) is 10.9. The number of carbonyl (C=O) groups is 1. The summed E-state index contributed by atoms with van der Waals surface area (Å²) in [4.78, 5) is 13.5. The van der Waals surface area contributed by atoms with E-state index < -0.39 is 42.9 Å². The van der Waals surface area contributed by atoms with E-state index >= 15 is 0 Å². The molecule has 4 rings (SSSR count). The third-order valence-electron chi connectivity index (χ3n) is 6.44. The van der Waals surface area contributed by atoms with Gasteiger partial charge in [0.15, 0.2) is 9.84 Å². The second kappa shape index (κ2) is 9.84. The van der Waals surface area contributed by atoms with E-state index in [0.29, 0.717) is 23.0 Å². The Hall–Kier alpha value is -1.54. The lowest BCUT2D eigenvalue weighted by Crippen LogP contribution is -2.43. The summed E-state index contributed by atoms with van der Waals surface area (Å²) in [6.07, 6.45) is 0.934. The Morgan fingerprint density at radius 3 is 2.35 bits per heavy atom. The zero-order valence-corrected chi connectivity index (χ0v) is 21.5. The molecule has 2 fully saturated rings. The quantitative estimate of drug-likeness (QED) is 0.423. The van der Waals surface area contributed by atoms with Gasteiger partial charge in [-0.15, -0.1) is 11.3 Å². The molecule has 2 N–H and O–H groups in total. The van der Waals surface area contributed by atoms with Crippen LogP contribution in [0, 0.1) is 0 Å². The monoisotopic (exact) mass is 547 g/mol.